The summed E-state index contributed by atoms with van der Waals surface area (Å²) in [7, 11) is 0. The van der Waals surface area contributed by atoms with Gasteiger partial charge in [0.1, 0.15) is 11.6 Å². The molecule has 1 heterocycles. The van der Waals surface area contributed by atoms with Gasteiger partial charge >= 0.3 is 0 Å². The van der Waals surface area contributed by atoms with E-state index >= 15 is 0 Å². The van der Waals surface area contributed by atoms with Gasteiger partial charge in [0.25, 0.3) is 5.56 Å². The minimum atomic E-state index is -0.238. The van der Waals surface area contributed by atoms with E-state index in [-0.39, 0.29) is 17.0 Å². The van der Waals surface area contributed by atoms with Crippen LogP contribution in [0.25, 0.3) is 0 Å². The van der Waals surface area contributed by atoms with E-state index in [4.69, 9.17) is 5.26 Å². The number of hydrogen-bond acceptors (Lipinski definition) is 3. The Labute approximate surface area is 114 Å². The summed E-state index contributed by atoms with van der Waals surface area (Å²) in [6, 6.07) is 3.35. The van der Waals surface area contributed by atoms with Gasteiger partial charge in [-0.05, 0) is 24.8 Å². The molecule has 4 nitrogen and oxygen atoms in total. The molecule has 0 aromatic carbocycles. The summed E-state index contributed by atoms with van der Waals surface area (Å²) in [5.74, 6) is 0.497. The predicted molar refractivity (Wildman–Crippen MR) is 75.1 cm³/mol. The van der Waals surface area contributed by atoms with E-state index in [1.807, 2.05) is 6.07 Å². The predicted octanol–water partition coefficient (Wildman–Crippen LogP) is 2.95. The van der Waals surface area contributed by atoms with Gasteiger partial charge in [-0.2, -0.15) is 5.26 Å². The maximum atomic E-state index is 11.8. The van der Waals surface area contributed by atoms with Crippen LogP contribution >= 0.6 is 0 Å². The molecule has 0 saturated heterocycles. The Bertz CT molecular complexity index is 524. The van der Waals surface area contributed by atoms with Crippen molar-refractivity contribution in [3.05, 3.63) is 27.5 Å². The number of unbranched alkanes of at least 4 members (excludes halogenated alkanes) is 2. The zero-order valence-electron chi connectivity index (χ0n) is 11.9. The molecule has 0 aliphatic rings. The highest BCUT2D eigenvalue weighted by Gasteiger charge is 2.11. The fraction of sp³-hybridized carbons (Fsp3) is 0.600. The van der Waals surface area contributed by atoms with Gasteiger partial charge in [0.05, 0.1) is 0 Å². The molecule has 0 atom stereocenters. The molecule has 104 valence electrons. The molecule has 0 unspecified atom stereocenters. The second kappa shape index (κ2) is 6.98. The number of rotatable bonds is 6. The summed E-state index contributed by atoms with van der Waals surface area (Å²) in [4.78, 5) is 11.8. The van der Waals surface area contributed by atoms with Crippen molar-refractivity contribution in [1.29, 1.82) is 5.26 Å². The molecular formula is C15H22N2O2. The zero-order valence-corrected chi connectivity index (χ0v) is 11.9. The number of aromatic nitrogens is 1. The first-order valence-corrected chi connectivity index (χ1v) is 6.81. The van der Waals surface area contributed by atoms with Gasteiger partial charge < -0.3 is 5.11 Å². The van der Waals surface area contributed by atoms with E-state index < -0.39 is 0 Å². The Morgan fingerprint density at radius 1 is 1.37 bits per heavy atom. The average Bonchev–Trinajstić information content (AvgIpc) is 2.32. The lowest BCUT2D eigenvalue weighted by Gasteiger charge is -2.11. The Morgan fingerprint density at radius 2 is 2.05 bits per heavy atom. The summed E-state index contributed by atoms with van der Waals surface area (Å²) in [5.41, 5.74) is 0.487. The number of hydrogen-bond donors (Lipinski definition) is 1. The number of nitrogens with zero attached hydrogens (tertiary/aromatic N) is 2. The number of aryl methyl sites for hydroxylation is 1. The summed E-state index contributed by atoms with van der Waals surface area (Å²) in [6.45, 7) is 6.51. The van der Waals surface area contributed by atoms with Crippen molar-refractivity contribution in [1.82, 2.24) is 4.57 Å². The normalized spacial score (nSPS) is 10.7. The third-order valence-electron chi connectivity index (χ3n) is 3.25. The molecule has 1 aromatic rings. The molecule has 19 heavy (non-hydrogen) atoms. The average molecular weight is 262 g/mol. The number of aromatic hydroxyl groups is 1. The van der Waals surface area contributed by atoms with Crippen LogP contribution in [0.3, 0.4) is 0 Å². The molecule has 4 heteroatoms. The lowest BCUT2D eigenvalue weighted by molar-refractivity contribution is 0.394. The van der Waals surface area contributed by atoms with E-state index in [9.17, 15) is 9.90 Å². The molecule has 1 rings (SSSR count). The van der Waals surface area contributed by atoms with Gasteiger partial charge in [-0.25, -0.2) is 0 Å². The van der Waals surface area contributed by atoms with Crippen LogP contribution in [-0.2, 0) is 6.54 Å². The Balaban J connectivity index is 2.69. The Hall–Kier alpha value is -1.76. The molecule has 0 bridgehead atoms. The quantitative estimate of drug-likeness (QED) is 0.801. The number of nitriles is 1. The second-order valence-electron chi connectivity index (χ2n) is 5.37. The molecule has 0 aliphatic carbocycles. The summed E-state index contributed by atoms with van der Waals surface area (Å²) >= 11 is 0. The van der Waals surface area contributed by atoms with Crippen LogP contribution in [0.1, 0.15) is 50.7 Å². The standard InChI is InChI=1S/C15H22N2O2/c1-11(2)7-5-4-6-8-17-14(18)9-12(3)13(10-16)15(17)19/h9,11,19H,4-8H2,1-3H3. The molecule has 1 aromatic heterocycles. The highest BCUT2D eigenvalue weighted by molar-refractivity contribution is 5.43. The van der Waals surface area contributed by atoms with Gasteiger partial charge in [0.2, 0.25) is 5.88 Å². The summed E-state index contributed by atoms with van der Waals surface area (Å²) < 4.78 is 1.29. The third-order valence-corrected chi connectivity index (χ3v) is 3.25. The Morgan fingerprint density at radius 3 is 2.63 bits per heavy atom. The van der Waals surface area contributed by atoms with Crippen LogP contribution in [-0.4, -0.2) is 9.67 Å². The fourth-order valence-corrected chi connectivity index (χ4v) is 2.10. The fourth-order valence-electron chi connectivity index (χ4n) is 2.10. The van der Waals surface area contributed by atoms with Crippen LogP contribution < -0.4 is 5.56 Å². The van der Waals surface area contributed by atoms with Gasteiger partial charge in [-0.15, -0.1) is 0 Å². The van der Waals surface area contributed by atoms with E-state index in [0.717, 1.165) is 19.3 Å². The molecular weight excluding hydrogens is 240 g/mol. The van der Waals surface area contributed by atoms with Crippen molar-refractivity contribution in [2.24, 2.45) is 5.92 Å². The molecule has 0 aliphatic heterocycles. The highest BCUT2D eigenvalue weighted by atomic mass is 16.3. The van der Waals surface area contributed by atoms with E-state index in [0.29, 0.717) is 18.0 Å². The summed E-state index contributed by atoms with van der Waals surface area (Å²) in [5, 5.41) is 18.9. The van der Waals surface area contributed by atoms with Crippen LogP contribution in [0.5, 0.6) is 5.88 Å². The first-order valence-electron chi connectivity index (χ1n) is 6.81. The molecule has 0 fully saturated rings. The molecule has 1 N–H and O–H groups in total. The first kappa shape index (κ1) is 15.3. The molecule has 0 spiro atoms. The van der Waals surface area contributed by atoms with Gasteiger partial charge in [-0.3, -0.25) is 9.36 Å². The van der Waals surface area contributed by atoms with Gasteiger partial charge in [0.15, 0.2) is 0 Å². The van der Waals surface area contributed by atoms with E-state index in [1.54, 1.807) is 6.92 Å². The highest BCUT2D eigenvalue weighted by Crippen LogP contribution is 2.18. The minimum absolute atomic E-state index is 0.196. The van der Waals surface area contributed by atoms with Crippen molar-refractivity contribution in [3.8, 4) is 11.9 Å². The monoisotopic (exact) mass is 262 g/mol. The van der Waals surface area contributed by atoms with Crippen molar-refractivity contribution in [2.75, 3.05) is 0 Å². The van der Waals surface area contributed by atoms with Crippen molar-refractivity contribution >= 4 is 0 Å². The SMILES string of the molecule is Cc1cc(=O)n(CCCCCC(C)C)c(O)c1C#N. The maximum Gasteiger partial charge on any atom is 0.253 e. The van der Waals surface area contributed by atoms with Crippen LogP contribution in [0.2, 0.25) is 0 Å². The van der Waals surface area contributed by atoms with E-state index in [1.165, 1.54) is 17.1 Å². The van der Waals surface area contributed by atoms with Crippen LogP contribution in [0, 0.1) is 24.2 Å². The smallest absolute Gasteiger partial charge is 0.253 e. The van der Waals surface area contributed by atoms with Crippen LogP contribution in [0.4, 0.5) is 0 Å². The zero-order chi connectivity index (χ0) is 14.4. The topological polar surface area (TPSA) is 66.0 Å². The second-order valence-corrected chi connectivity index (χ2v) is 5.37. The van der Waals surface area contributed by atoms with Gasteiger partial charge in [-0.1, -0.05) is 33.1 Å². The number of pyridine rings is 1. The summed E-state index contributed by atoms with van der Waals surface area (Å²) in [6.07, 6.45) is 4.18. The third kappa shape index (κ3) is 4.13. The largest absolute Gasteiger partial charge is 0.493 e. The molecule has 0 radical (unpaired) electrons. The van der Waals surface area contributed by atoms with Crippen LogP contribution in [0.15, 0.2) is 10.9 Å². The van der Waals surface area contributed by atoms with Crippen molar-refractivity contribution in [2.45, 2.75) is 53.0 Å². The lowest BCUT2D eigenvalue weighted by Crippen LogP contribution is -2.21. The molecule has 0 amide bonds. The van der Waals surface area contributed by atoms with Crippen molar-refractivity contribution in [3.63, 3.8) is 0 Å². The Kier molecular flexibility index (Phi) is 5.62. The van der Waals surface area contributed by atoms with Crippen molar-refractivity contribution < 1.29 is 5.11 Å². The van der Waals surface area contributed by atoms with Gasteiger partial charge in [0, 0.05) is 12.6 Å². The lowest BCUT2D eigenvalue weighted by atomic mass is 10.1. The maximum absolute atomic E-state index is 11.8. The minimum Gasteiger partial charge on any atom is -0.493 e. The first-order chi connectivity index (χ1) is 8.97. The van der Waals surface area contributed by atoms with E-state index in [2.05, 4.69) is 13.8 Å². The molecule has 0 saturated carbocycles.